The third-order valence-electron chi connectivity index (χ3n) is 4.40. The summed E-state index contributed by atoms with van der Waals surface area (Å²) >= 11 is 8.24. The number of halogens is 2. The van der Waals surface area contributed by atoms with E-state index in [0.29, 0.717) is 5.69 Å². The molecule has 0 saturated heterocycles. The van der Waals surface area contributed by atoms with Gasteiger partial charge in [-0.05, 0) is 91.4 Å². The van der Waals surface area contributed by atoms with E-state index in [9.17, 15) is 9.90 Å². The Hall–Kier alpha value is -2.12. The van der Waals surface area contributed by atoms with Gasteiger partial charge in [0, 0.05) is 32.4 Å². The number of nitrogens with zero attached hydrogens (tertiary/aromatic N) is 2. The second-order valence-electron chi connectivity index (χ2n) is 6.32. The molecule has 0 saturated carbocycles. The molecule has 0 aliphatic rings. The van der Waals surface area contributed by atoms with E-state index in [-0.39, 0.29) is 10.6 Å². The second-order valence-corrected chi connectivity index (χ2v) is 7.89. The Labute approximate surface area is 176 Å². The summed E-state index contributed by atoms with van der Waals surface area (Å²) in [5.41, 5.74) is 6.11. The SMILES string of the molecule is Cc1cc(-n2c(C)cc(C=Nc3ccc(Cl)c(C(=O)O)c3)c2C)ccc1I. The van der Waals surface area contributed by atoms with E-state index in [4.69, 9.17) is 11.6 Å². The topological polar surface area (TPSA) is 54.6 Å². The normalized spacial score (nSPS) is 11.3. The number of benzene rings is 2. The van der Waals surface area contributed by atoms with Crippen LogP contribution in [-0.2, 0) is 0 Å². The van der Waals surface area contributed by atoms with E-state index < -0.39 is 5.97 Å². The molecular weight excluding hydrogens is 475 g/mol. The Balaban J connectivity index is 1.97. The van der Waals surface area contributed by atoms with Crippen LogP contribution in [0, 0.1) is 24.3 Å². The Kier molecular flexibility index (Phi) is 5.72. The lowest BCUT2D eigenvalue weighted by Crippen LogP contribution is -2.00. The van der Waals surface area contributed by atoms with E-state index in [2.05, 4.69) is 70.3 Å². The van der Waals surface area contributed by atoms with Crippen LogP contribution in [0.25, 0.3) is 5.69 Å². The quantitative estimate of drug-likeness (QED) is 0.353. The summed E-state index contributed by atoms with van der Waals surface area (Å²) in [4.78, 5) is 15.7. The lowest BCUT2D eigenvalue weighted by molar-refractivity contribution is 0.0697. The number of hydrogen-bond acceptors (Lipinski definition) is 2. The highest BCUT2D eigenvalue weighted by molar-refractivity contribution is 14.1. The molecule has 3 rings (SSSR count). The van der Waals surface area contributed by atoms with Gasteiger partial charge in [0.25, 0.3) is 0 Å². The second kappa shape index (κ2) is 7.86. The largest absolute Gasteiger partial charge is 0.478 e. The number of aromatic nitrogens is 1. The molecule has 27 heavy (non-hydrogen) atoms. The molecule has 3 aromatic rings. The summed E-state index contributed by atoms with van der Waals surface area (Å²) < 4.78 is 3.42. The number of hydrogen-bond donors (Lipinski definition) is 1. The molecule has 0 unspecified atom stereocenters. The van der Waals surface area contributed by atoms with Crippen molar-refractivity contribution in [1.82, 2.24) is 4.57 Å². The number of aryl methyl sites for hydroxylation is 2. The molecule has 0 spiro atoms. The van der Waals surface area contributed by atoms with Gasteiger partial charge in [-0.1, -0.05) is 11.6 Å². The Morgan fingerprint density at radius 3 is 2.56 bits per heavy atom. The fourth-order valence-corrected chi connectivity index (χ4v) is 3.52. The Bertz CT molecular complexity index is 1070. The van der Waals surface area contributed by atoms with E-state index in [1.165, 1.54) is 15.2 Å². The zero-order chi connectivity index (χ0) is 19.7. The van der Waals surface area contributed by atoms with Gasteiger partial charge in [0.2, 0.25) is 0 Å². The lowest BCUT2D eigenvalue weighted by atomic mass is 10.2. The number of aliphatic imine (C=N–C) groups is 1. The zero-order valence-electron chi connectivity index (χ0n) is 15.1. The van der Waals surface area contributed by atoms with Crippen LogP contribution in [0.4, 0.5) is 5.69 Å². The number of carboxylic acid groups (broad SMARTS) is 1. The molecule has 2 aromatic carbocycles. The molecular formula is C21H18ClIN2O2. The summed E-state index contributed by atoms with van der Waals surface area (Å²) in [6.07, 6.45) is 1.76. The molecule has 1 N–H and O–H groups in total. The van der Waals surface area contributed by atoms with E-state index in [0.717, 1.165) is 22.6 Å². The molecule has 0 fully saturated rings. The Morgan fingerprint density at radius 2 is 1.89 bits per heavy atom. The maximum atomic E-state index is 11.2. The molecule has 138 valence electrons. The van der Waals surface area contributed by atoms with Gasteiger partial charge in [0.05, 0.1) is 16.3 Å². The maximum Gasteiger partial charge on any atom is 0.337 e. The van der Waals surface area contributed by atoms with Crippen LogP contribution in [0.3, 0.4) is 0 Å². The van der Waals surface area contributed by atoms with Crippen molar-refractivity contribution in [2.24, 2.45) is 4.99 Å². The molecule has 0 aliphatic heterocycles. The van der Waals surface area contributed by atoms with Crippen molar-refractivity contribution < 1.29 is 9.90 Å². The molecule has 0 amide bonds. The van der Waals surface area contributed by atoms with Gasteiger partial charge in [0.15, 0.2) is 0 Å². The minimum absolute atomic E-state index is 0.0474. The Morgan fingerprint density at radius 1 is 1.15 bits per heavy atom. The van der Waals surface area contributed by atoms with Crippen LogP contribution in [0.1, 0.15) is 32.9 Å². The van der Waals surface area contributed by atoms with Crippen LogP contribution in [0.15, 0.2) is 47.5 Å². The number of carbonyl (C=O) groups is 1. The summed E-state index contributed by atoms with van der Waals surface area (Å²) in [5.74, 6) is -1.07. The van der Waals surface area contributed by atoms with Crippen molar-refractivity contribution in [1.29, 1.82) is 0 Å². The summed E-state index contributed by atoms with van der Waals surface area (Å²) in [7, 11) is 0. The van der Waals surface area contributed by atoms with Crippen LogP contribution in [0.5, 0.6) is 0 Å². The summed E-state index contributed by atoms with van der Waals surface area (Å²) in [6.45, 7) is 6.21. The molecule has 1 heterocycles. The van der Waals surface area contributed by atoms with E-state index >= 15 is 0 Å². The fraction of sp³-hybridized carbons (Fsp3) is 0.143. The molecule has 4 nitrogen and oxygen atoms in total. The third-order valence-corrected chi connectivity index (χ3v) is 5.94. The highest BCUT2D eigenvalue weighted by Crippen LogP contribution is 2.25. The molecule has 0 aliphatic carbocycles. The van der Waals surface area contributed by atoms with Crippen molar-refractivity contribution in [3.63, 3.8) is 0 Å². The first-order chi connectivity index (χ1) is 12.8. The average Bonchev–Trinajstić information content (AvgIpc) is 2.90. The van der Waals surface area contributed by atoms with Gasteiger partial charge in [0.1, 0.15) is 0 Å². The van der Waals surface area contributed by atoms with E-state index in [1.54, 1.807) is 18.3 Å². The number of aromatic carboxylic acids is 1. The maximum absolute atomic E-state index is 11.2. The van der Waals surface area contributed by atoms with Crippen LogP contribution in [-0.4, -0.2) is 21.9 Å². The highest BCUT2D eigenvalue weighted by Gasteiger charge is 2.11. The average molecular weight is 493 g/mol. The van der Waals surface area contributed by atoms with Crippen molar-refractivity contribution in [2.45, 2.75) is 20.8 Å². The highest BCUT2D eigenvalue weighted by atomic mass is 127. The first-order valence-electron chi connectivity index (χ1n) is 8.30. The zero-order valence-corrected chi connectivity index (χ0v) is 18.0. The minimum Gasteiger partial charge on any atom is -0.478 e. The number of rotatable bonds is 4. The molecule has 6 heteroatoms. The van der Waals surface area contributed by atoms with Gasteiger partial charge in [-0.3, -0.25) is 4.99 Å². The first kappa shape index (κ1) is 19.6. The summed E-state index contributed by atoms with van der Waals surface area (Å²) in [5, 5.41) is 9.39. The van der Waals surface area contributed by atoms with Gasteiger partial charge in [-0.25, -0.2) is 4.79 Å². The van der Waals surface area contributed by atoms with Gasteiger partial charge in [-0.15, -0.1) is 0 Å². The van der Waals surface area contributed by atoms with Crippen molar-refractivity contribution >= 4 is 52.1 Å². The van der Waals surface area contributed by atoms with Crippen molar-refractivity contribution in [2.75, 3.05) is 0 Å². The standard InChI is InChI=1S/C21H18ClIN2O2/c1-12-8-17(5-7-20(12)23)25-13(2)9-15(14(25)3)11-24-16-4-6-19(22)18(10-16)21(26)27/h4-11H,1-3H3,(H,26,27). The minimum atomic E-state index is -1.07. The van der Waals surface area contributed by atoms with Crippen molar-refractivity contribution in [3.8, 4) is 5.69 Å². The predicted molar refractivity (Wildman–Crippen MR) is 118 cm³/mol. The molecule has 0 radical (unpaired) electrons. The van der Waals surface area contributed by atoms with Crippen LogP contribution >= 0.6 is 34.2 Å². The summed E-state index contributed by atoms with van der Waals surface area (Å²) in [6, 6.07) is 13.2. The first-order valence-corrected chi connectivity index (χ1v) is 9.76. The lowest BCUT2D eigenvalue weighted by Gasteiger charge is -2.11. The molecule has 0 bridgehead atoms. The van der Waals surface area contributed by atoms with Crippen LogP contribution in [0.2, 0.25) is 5.02 Å². The van der Waals surface area contributed by atoms with E-state index in [1.807, 2.05) is 6.92 Å². The molecule has 0 atom stereocenters. The predicted octanol–water partition coefficient (Wildman–Crippen LogP) is 6.11. The third kappa shape index (κ3) is 4.09. The smallest absolute Gasteiger partial charge is 0.337 e. The van der Waals surface area contributed by atoms with Gasteiger partial charge in [-0.2, -0.15) is 0 Å². The number of carboxylic acids is 1. The monoisotopic (exact) mass is 492 g/mol. The van der Waals surface area contributed by atoms with Gasteiger partial charge < -0.3 is 9.67 Å². The van der Waals surface area contributed by atoms with Crippen LogP contribution < -0.4 is 0 Å². The fourth-order valence-electron chi connectivity index (χ4n) is 2.99. The van der Waals surface area contributed by atoms with Crippen molar-refractivity contribution in [3.05, 3.63) is 79.1 Å². The molecule has 1 aromatic heterocycles. The van der Waals surface area contributed by atoms with Gasteiger partial charge >= 0.3 is 5.97 Å².